The zero-order valence-electron chi connectivity index (χ0n) is 15.8. The summed E-state index contributed by atoms with van der Waals surface area (Å²) in [5.74, 6) is -2.93. The molecule has 158 valence electrons. The van der Waals surface area contributed by atoms with Crippen LogP contribution in [0.5, 0.6) is 5.75 Å². The number of nitro benzene ring substituents is 1. The largest absolute Gasteiger partial charge is 0.483 e. The monoisotopic (exact) mass is 427 g/mol. The fourth-order valence-electron chi connectivity index (χ4n) is 2.58. The van der Waals surface area contributed by atoms with Gasteiger partial charge in [-0.2, -0.15) is 0 Å². The molecule has 0 aliphatic rings. The van der Waals surface area contributed by atoms with Crippen LogP contribution in [0, 0.1) is 21.7 Å². The van der Waals surface area contributed by atoms with E-state index in [1.54, 1.807) is 12.1 Å². The summed E-state index contributed by atoms with van der Waals surface area (Å²) in [6.45, 7) is -0.524. The molecule has 0 aliphatic carbocycles. The highest BCUT2D eigenvalue weighted by atomic mass is 19.1. The van der Waals surface area contributed by atoms with Gasteiger partial charge in [0.15, 0.2) is 6.61 Å². The molecule has 0 spiro atoms. The van der Waals surface area contributed by atoms with Gasteiger partial charge in [0.2, 0.25) is 0 Å². The molecule has 2 amide bonds. The maximum absolute atomic E-state index is 14.0. The molecule has 3 rings (SSSR count). The minimum atomic E-state index is -0.860. The van der Waals surface area contributed by atoms with E-state index in [1.807, 2.05) is 0 Å². The van der Waals surface area contributed by atoms with Crippen LogP contribution >= 0.6 is 0 Å². The average molecular weight is 427 g/mol. The summed E-state index contributed by atoms with van der Waals surface area (Å²) in [4.78, 5) is 34.8. The van der Waals surface area contributed by atoms with E-state index >= 15 is 0 Å². The van der Waals surface area contributed by atoms with E-state index in [0.29, 0.717) is 0 Å². The van der Waals surface area contributed by atoms with Crippen molar-refractivity contribution < 1.29 is 28.0 Å². The Morgan fingerprint density at radius 1 is 0.903 bits per heavy atom. The van der Waals surface area contributed by atoms with Crippen molar-refractivity contribution in [1.82, 2.24) is 0 Å². The number of hydrogen-bond donors (Lipinski definition) is 2. The lowest BCUT2D eigenvalue weighted by atomic mass is 10.1. The number of rotatable bonds is 7. The van der Waals surface area contributed by atoms with E-state index in [2.05, 4.69) is 10.6 Å². The van der Waals surface area contributed by atoms with Crippen molar-refractivity contribution in [2.24, 2.45) is 0 Å². The van der Waals surface area contributed by atoms with Crippen LogP contribution in [0.25, 0.3) is 0 Å². The second kappa shape index (κ2) is 9.44. The molecule has 0 saturated heterocycles. The molecule has 31 heavy (non-hydrogen) atoms. The molecule has 0 atom stereocenters. The van der Waals surface area contributed by atoms with Crippen molar-refractivity contribution in [2.45, 2.75) is 0 Å². The summed E-state index contributed by atoms with van der Waals surface area (Å²) in [5.41, 5.74) is -0.840. The number of anilines is 2. The molecule has 0 fully saturated rings. The molecule has 0 radical (unpaired) electrons. The van der Waals surface area contributed by atoms with Crippen LogP contribution in [0.4, 0.5) is 25.8 Å². The number of nitro groups is 1. The predicted molar refractivity (Wildman–Crippen MR) is 108 cm³/mol. The van der Waals surface area contributed by atoms with E-state index < -0.39 is 40.7 Å². The van der Waals surface area contributed by atoms with E-state index in [1.165, 1.54) is 36.4 Å². The van der Waals surface area contributed by atoms with Crippen LogP contribution in [-0.4, -0.2) is 23.3 Å². The minimum Gasteiger partial charge on any atom is -0.483 e. The Labute approximate surface area is 174 Å². The van der Waals surface area contributed by atoms with Crippen molar-refractivity contribution in [3.8, 4) is 5.75 Å². The van der Waals surface area contributed by atoms with Crippen LogP contribution in [0.3, 0.4) is 0 Å². The molecule has 0 saturated carbocycles. The number of hydrogen-bond acceptors (Lipinski definition) is 5. The van der Waals surface area contributed by atoms with E-state index in [0.717, 1.165) is 18.2 Å². The van der Waals surface area contributed by atoms with Gasteiger partial charge in [-0.3, -0.25) is 19.7 Å². The fourth-order valence-corrected chi connectivity index (χ4v) is 2.58. The number of nitrogens with one attached hydrogen (secondary N) is 2. The standard InChI is InChI=1S/C21H15F2N3O5/c22-15-6-2-3-7-17(15)24-20(27)12-31-19-8-4-1-5-14(19)21(28)25-18-11-13(26(29)30)9-10-16(18)23/h1-11H,12H2,(H,24,27)(H,25,28). The first-order valence-electron chi connectivity index (χ1n) is 8.86. The van der Waals surface area contributed by atoms with Crippen LogP contribution in [0.15, 0.2) is 66.7 Å². The predicted octanol–water partition coefficient (Wildman–Crippen LogP) is 4.14. The molecule has 0 aromatic heterocycles. The van der Waals surface area contributed by atoms with Crippen molar-refractivity contribution in [3.05, 3.63) is 94.0 Å². The van der Waals surface area contributed by atoms with Crippen molar-refractivity contribution in [2.75, 3.05) is 17.2 Å². The second-order valence-corrected chi connectivity index (χ2v) is 6.19. The number of nitrogens with zero attached hydrogens (tertiary/aromatic N) is 1. The summed E-state index contributed by atoms with van der Waals surface area (Å²) in [5, 5.41) is 15.5. The number of carbonyl (C=O) groups is 2. The maximum Gasteiger partial charge on any atom is 0.271 e. The Hall–Kier alpha value is -4.34. The lowest BCUT2D eigenvalue weighted by Crippen LogP contribution is -2.22. The number of amides is 2. The highest BCUT2D eigenvalue weighted by molar-refractivity contribution is 6.06. The lowest BCUT2D eigenvalue weighted by molar-refractivity contribution is -0.384. The second-order valence-electron chi connectivity index (χ2n) is 6.19. The molecule has 2 N–H and O–H groups in total. The van der Waals surface area contributed by atoms with Crippen LogP contribution in [-0.2, 0) is 4.79 Å². The van der Waals surface area contributed by atoms with Gasteiger partial charge in [-0.1, -0.05) is 24.3 Å². The topological polar surface area (TPSA) is 111 Å². The number of ether oxygens (including phenoxy) is 1. The highest BCUT2D eigenvalue weighted by Gasteiger charge is 2.18. The molecule has 3 aromatic rings. The molecule has 0 unspecified atom stereocenters. The Kier molecular flexibility index (Phi) is 6.51. The van der Waals surface area contributed by atoms with Crippen molar-refractivity contribution >= 4 is 28.9 Å². The van der Waals surface area contributed by atoms with Crippen LogP contribution in [0.1, 0.15) is 10.4 Å². The number of para-hydroxylation sites is 2. The number of non-ortho nitro benzene ring substituents is 1. The Morgan fingerprint density at radius 2 is 1.58 bits per heavy atom. The van der Waals surface area contributed by atoms with Gasteiger partial charge in [0.05, 0.1) is 21.9 Å². The van der Waals surface area contributed by atoms with Gasteiger partial charge in [0.25, 0.3) is 17.5 Å². The first-order valence-corrected chi connectivity index (χ1v) is 8.86. The molecule has 8 nitrogen and oxygen atoms in total. The number of carbonyl (C=O) groups excluding carboxylic acids is 2. The normalized spacial score (nSPS) is 10.3. The first-order chi connectivity index (χ1) is 14.8. The van der Waals surface area contributed by atoms with Gasteiger partial charge in [-0.05, 0) is 30.3 Å². The van der Waals surface area contributed by atoms with Gasteiger partial charge in [0.1, 0.15) is 17.4 Å². The third-order valence-electron chi connectivity index (χ3n) is 4.05. The van der Waals surface area contributed by atoms with Crippen molar-refractivity contribution in [1.29, 1.82) is 0 Å². The van der Waals surface area contributed by atoms with Crippen LogP contribution < -0.4 is 15.4 Å². The number of benzene rings is 3. The third kappa shape index (κ3) is 5.38. The smallest absolute Gasteiger partial charge is 0.271 e. The zero-order valence-corrected chi connectivity index (χ0v) is 15.8. The van der Waals surface area contributed by atoms with E-state index in [-0.39, 0.29) is 22.7 Å². The zero-order chi connectivity index (χ0) is 22.4. The summed E-state index contributed by atoms with van der Waals surface area (Å²) in [7, 11) is 0. The SMILES string of the molecule is O=C(COc1ccccc1C(=O)Nc1cc([N+](=O)[O-])ccc1F)Nc1ccccc1F. The highest BCUT2D eigenvalue weighted by Crippen LogP contribution is 2.24. The Bertz CT molecular complexity index is 1150. The Balaban J connectivity index is 1.71. The van der Waals surface area contributed by atoms with Gasteiger partial charge >= 0.3 is 0 Å². The first kappa shape index (κ1) is 21.4. The van der Waals surface area contributed by atoms with Gasteiger partial charge < -0.3 is 15.4 Å². The Morgan fingerprint density at radius 3 is 2.32 bits per heavy atom. The third-order valence-corrected chi connectivity index (χ3v) is 4.05. The number of halogens is 2. The molecule has 3 aromatic carbocycles. The molecule has 0 heterocycles. The average Bonchev–Trinajstić information content (AvgIpc) is 2.75. The summed E-state index contributed by atoms with van der Waals surface area (Å²) in [6, 6.07) is 14.2. The van der Waals surface area contributed by atoms with E-state index in [9.17, 15) is 28.5 Å². The van der Waals surface area contributed by atoms with Crippen molar-refractivity contribution in [3.63, 3.8) is 0 Å². The van der Waals surface area contributed by atoms with Gasteiger partial charge in [-0.25, -0.2) is 8.78 Å². The molecule has 0 bridgehead atoms. The minimum absolute atomic E-state index is 0.00882. The molecule has 0 aliphatic heterocycles. The van der Waals surface area contributed by atoms with Gasteiger partial charge in [0, 0.05) is 12.1 Å². The lowest BCUT2D eigenvalue weighted by Gasteiger charge is -2.12. The summed E-state index contributed by atoms with van der Waals surface area (Å²) in [6.07, 6.45) is 0. The molecule has 10 heteroatoms. The van der Waals surface area contributed by atoms with E-state index in [4.69, 9.17) is 4.74 Å². The fraction of sp³-hybridized carbons (Fsp3) is 0.0476. The van der Waals surface area contributed by atoms with Crippen LogP contribution in [0.2, 0.25) is 0 Å². The molecular weight excluding hydrogens is 412 g/mol. The quantitative estimate of drug-likeness (QED) is 0.435. The molecular formula is C21H15F2N3O5. The summed E-state index contributed by atoms with van der Waals surface area (Å²) < 4.78 is 32.9. The summed E-state index contributed by atoms with van der Waals surface area (Å²) >= 11 is 0. The van der Waals surface area contributed by atoms with Gasteiger partial charge in [-0.15, -0.1) is 0 Å². The maximum atomic E-state index is 14.0.